The molecule has 3 rings (SSSR count). The monoisotopic (exact) mass is 340 g/mol. The largest absolute Gasteiger partial charge is 0.454 e. The second-order valence-electron chi connectivity index (χ2n) is 5.84. The first-order valence-electron chi connectivity index (χ1n) is 7.62. The number of hydrogen-bond donors (Lipinski definition) is 2. The van der Waals surface area contributed by atoms with E-state index in [1.807, 2.05) is 18.2 Å². The van der Waals surface area contributed by atoms with Crippen LogP contribution in [-0.2, 0) is 16.3 Å². The van der Waals surface area contributed by atoms with Crippen molar-refractivity contribution in [3.05, 3.63) is 23.8 Å². The third-order valence-corrected chi connectivity index (χ3v) is 5.85. The lowest BCUT2D eigenvalue weighted by atomic mass is 10.1. The van der Waals surface area contributed by atoms with Gasteiger partial charge < -0.3 is 20.1 Å². The Morgan fingerprint density at radius 3 is 2.83 bits per heavy atom. The number of sulfone groups is 1. The number of nitrogens with one attached hydrogen (secondary N) is 2. The summed E-state index contributed by atoms with van der Waals surface area (Å²) in [5.41, 5.74) is 1.05. The summed E-state index contributed by atoms with van der Waals surface area (Å²) in [4.78, 5) is 11.7. The van der Waals surface area contributed by atoms with E-state index in [1.165, 1.54) is 0 Å². The minimum absolute atomic E-state index is 0.0274. The Hall–Kier alpha value is -1.96. The van der Waals surface area contributed by atoms with Crippen LogP contribution in [0.3, 0.4) is 0 Å². The highest BCUT2D eigenvalue weighted by Crippen LogP contribution is 2.32. The van der Waals surface area contributed by atoms with E-state index in [2.05, 4.69) is 10.6 Å². The fourth-order valence-electron chi connectivity index (χ4n) is 2.75. The molecule has 0 aliphatic carbocycles. The number of carbonyl (C=O) groups is 1. The number of amides is 2. The molecule has 2 amide bonds. The maximum absolute atomic E-state index is 11.7. The molecule has 0 aromatic heterocycles. The van der Waals surface area contributed by atoms with Crippen molar-refractivity contribution in [1.82, 2.24) is 10.6 Å². The summed E-state index contributed by atoms with van der Waals surface area (Å²) >= 11 is 0. The van der Waals surface area contributed by atoms with E-state index in [4.69, 9.17) is 9.47 Å². The van der Waals surface area contributed by atoms with E-state index in [1.54, 1.807) is 0 Å². The highest BCUT2D eigenvalue weighted by molar-refractivity contribution is 7.91. The van der Waals surface area contributed by atoms with Gasteiger partial charge in [0.2, 0.25) is 6.79 Å². The lowest BCUT2D eigenvalue weighted by molar-refractivity contribution is 0.174. The summed E-state index contributed by atoms with van der Waals surface area (Å²) in [7, 11) is -2.90. The topological polar surface area (TPSA) is 93.7 Å². The smallest absolute Gasteiger partial charge is 0.314 e. The molecule has 126 valence electrons. The van der Waals surface area contributed by atoms with Crippen LogP contribution in [0.2, 0.25) is 0 Å². The Balaban J connectivity index is 1.36. The normalized spacial score (nSPS) is 21.1. The fraction of sp³-hybridized carbons (Fsp3) is 0.533. The van der Waals surface area contributed by atoms with Gasteiger partial charge in [0, 0.05) is 13.1 Å². The third-order valence-electron chi connectivity index (χ3n) is 4.01. The molecule has 0 unspecified atom stereocenters. The van der Waals surface area contributed by atoms with Gasteiger partial charge >= 0.3 is 6.03 Å². The molecule has 2 aliphatic heterocycles. The first-order valence-corrected chi connectivity index (χ1v) is 9.45. The quantitative estimate of drug-likeness (QED) is 0.823. The maximum atomic E-state index is 11.7. The number of rotatable bonds is 5. The molecule has 1 aromatic carbocycles. The second-order valence-corrected chi connectivity index (χ2v) is 8.07. The summed E-state index contributed by atoms with van der Waals surface area (Å²) < 4.78 is 33.3. The summed E-state index contributed by atoms with van der Waals surface area (Å²) in [6.07, 6.45) is 1.31. The molecule has 0 bridgehead atoms. The van der Waals surface area contributed by atoms with Crippen molar-refractivity contribution in [2.75, 3.05) is 31.4 Å². The molecule has 0 spiro atoms. The zero-order chi connectivity index (χ0) is 16.3. The van der Waals surface area contributed by atoms with Gasteiger partial charge in [-0.05, 0) is 36.5 Å². The van der Waals surface area contributed by atoms with E-state index in [0.717, 1.165) is 17.1 Å². The van der Waals surface area contributed by atoms with Crippen LogP contribution in [0.5, 0.6) is 11.5 Å². The van der Waals surface area contributed by atoms with Crippen molar-refractivity contribution in [2.24, 2.45) is 5.92 Å². The van der Waals surface area contributed by atoms with Crippen LogP contribution in [0.1, 0.15) is 12.0 Å². The van der Waals surface area contributed by atoms with Crippen LogP contribution in [-0.4, -0.2) is 45.8 Å². The number of fused-ring (bicyclic) bond motifs is 1. The van der Waals surface area contributed by atoms with Crippen molar-refractivity contribution >= 4 is 15.9 Å². The highest BCUT2D eigenvalue weighted by atomic mass is 32.2. The Labute approximate surface area is 135 Å². The Morgan fingerprint density at radius 1 is 1.22 bits per heavy atom. The van der Waals surface area contributed by atoms with Gasteiger partial charge in [0.15, 0.2) is 21.3 Å². The van der Waals surface area contributed by atoms with E-state index >= 15 is 0 Å². The molecule has 7 nitrogen and oxygen atoms in total. The molecule has 2 heterocycles. The van der Waals surface area contributed by atoms with Gasteiger partial charge in [0.25, 0.3) is 0 Å². The van der Waals surface area contributed by atoms with Gasteiger partial charge in [0.1, 0.15) is 0 Å². The molecule has 1 fully saturated rings. The molecule has 1 saturated heterocycles. The minimum Gasteiger partial charge on any atom is -0.454 e. The van der Waals surface area contributed by atoms with Gasteiger partial charge in [-0.1, -0.05) is 6.07 Å². The average Bonchev–Trinajstić information content (AvgIpc) is 3.10. The SMILES string of the molecule is O=C(NCCc1ccc2c(c1)OCO2)NC[C@H]1CCS(=O)(=O)C1. The second kappa shape index (κ2) is 6.66. The zero-order valence-electron chi connectivity index (χ0n) is 12.7. The fourth-order valence-corrected chi connectivity index (χ4v) is 4.61. The molecule has 0 radical (unpaired) electrons. The predicted octanol–water partition coefficient (Wildman–Crippen LogP) is 0.692. The standard InChI is InChI=1S/C15H20N2O5S/c18-15(17-8-12-4-6-23(19,20)9-12)16-5-3-11-1-2-13-14(7-11)22-10-21-13/h1-2,7,12H,3-6,8-10H2,(H2,16,17,18)/t12-/m1/s1. The number of carbonyl (C=O) groups excluding carboxylic acids is 1. The summed E-state index contributed by atoms with van der Waals surface area (Å²) in [5.74, 6) is 1.90. The molecule has 1 atom stereocenters. The molecule has 2 N–H and O–H groups in total. The van der Waals surface area contributed by atoms with Crippen molar-refractivity contribution in [2.45, 2.75) is 12.8 Å². The van der Waals surface area contributed by atoms with Crippen LogP contribution in [0.4, 0.5) is 4.79 Å². The molecular formula is C15H20N2O5S. The van der Waals surface area contributed by atoms with Crippen LogP contribution in [0, 0.1) is 5.92 Å². The summed E-state index contributed by atoms with van der Waals surface area (Å²) in [6.45, 7) is 1.14. The number of ether oxygens (including phenoxy) is 2. The lowest BCUT2D eigenvalue weighted by Crippen LogP contribution is -2.39. The van der Waals surface area contributed by atoms with Crippen LogP contribution in [0.25, 0.3) is 0 Å². The van der Waals surface area contributed by atoms with Gasteiger partial charge in [0.05, 0.1) is 11.5 Å². The predicted molar refractivity (Wildman–Crippen MR) is 84.4 cm³/mol. The minimum atomic E-state index is -2.90. The van der Waals surface area contributed by atoms with Gasteiger partial charge in [-0.15, -0.1) is 0 Å². The summed E-state index contributed by atoms with van der Waals surface area (Å²) in [6, 6.07) is 5.44. The Morgan fingerprint density at radius 2 is 2.04 bits per heavy atom. The van der Waals surface area contributed by atoms with Gasteiger partial charge in [-0.25, -0.2) is 13.2 Å². The van der Waals surface area contributed by atoms with Crippen LogP contribution >= 0.6 is 0 Å². The van der Waals surface area contributed by atoms with Crippen molar-refractivity contribution < 1.29 is 22.7 Å². The molecule has 0 saturated carbocycles. The Kier molecular flexibility index (Phi) is 4.61. The molecule has 8 heteroatoms. The molecule has 1 aromatic rings. The van der Waals surface area contributed by atoms with E-state index < -0.39 is 9.84 Å². The van der Waals surface area contributed by atoms with Crippen molar-refractivity contribution in [3.8, 4) is 11.5 Å². The molecular weight excluding hydrogens is 320 g/mol. The van der Waals surface area contributed by atoms with Crippen molar-refractivity contribution in [3.63, 3.8) is 0 Å². The Bertz CT molecular complexity index is 689. The first-order chi connectivity index (χ1) is 11.0. The summed E-state index contributed by atoms with van der Waals surface area (Å²) in [5, 5.41) is 5.50. The van der Waals surface area contributed by atoms with Gasteiger partial charge in [-0.2, -0.15) is 0 Å². The molecule has 23 heavy (non-hydrogen) atoms. The lowest BCUT2D eigenvalue weighted by Gasteiger charge is -2.11. The third kappa shape index (κ3) is 4.28. The van der Waals surface area contributed by atoms with Crippen LogP contribution < -0.4 is 20.1 Å². The first kappa shape index (κ1) is 15.9. The van der Waals surface area contributed by atoms with E-state index in [0.29, 0.717) is 25.9 Å². The average molecular weight is 340 g/mol. The zero-order valence-corrected chi connectivity index (χ0v) is 13.5. The molecule has 2 aliphatic rings. The van der Waals surface area contributed by atoms with Gasteiger partial charge in [-0.3, -0.25) is 0 Å². The number of hydrogen-bond acceptors (Lipinski definition) is 5. The maximum Gasteiger partial charge on any atom is 0.314 e. The number of benzene rings is 1. The number of urea groups is 1. The van der Waals surface area contributed by atoms with Crippen molar-refractivity contribution in [1.29, 1.82) is 0 Å². The van der Waals surface area contributed by atoms with E-state index in [9.17, 15) is 13.2 Å². The van der Waals surface area contributed by atoms with Crippen LogP contribution in [0.15, 0.2) is 18.2 Å². The van der Waals surface area contributed by atoms with E-state index in [-0.39, 0.29) is 30.2 Å². The highest BCUT2D eigenvalue weighted by Gasteiger charge is 2.27.